The Bertz CT molecular complexity index is 842. The molecule has 1 aromatic carbocycles. The van der Waals surface area contributed by atoms with Crippen molar-refractivity contribution < 1.29 is 21.3 Å². The van der Waals surface area contributed by atoms with E-state index in [2.05, 4.69) is 4.72 Å². The van der Waals surface area contributed by atoms with E-state index in [1.807, 2.05) is 0 Å². The molecule has 9 heteroatoms. The van der Waals surface area contributed by atoms with Crippen LogP contribution in [0.4, 0.5) is 0 Å². The minimum absolute atomic E-state index is 0.162. The maximum absolute atomic E-state index is 12.3. The van der Waals surface area contributed by atoms with Gasteiger partial charge in [0.15, 0.2) is 0 Å². The van der Waals surface area contributed by atoms with Gasteiger partial charge in [-0.3, -0.25) is 0 Å². The minimum atomic E-state index is -3.96. The molecule has 0 bridgehead atoms. The third-order valence-electron chi connectivity index (χ3n) is 2.89. The summed E-state index contributed by atoms with van der Waals surface area (Å²) in [5, 5.41) is 5.01. The lowest BCUT2D eigenvalue weighted by molar-refractivity contribution is 0.479. The lowest BCUT2D eigenvalue weighted by Gasteiger charge is -2.13. The van der Waals surface area contributed by atoms with E-state index >= 15 is 0 Å². The van der Waals surface area contributed by atoms with Gasteiger partial charge in [-0.25, -0.2) is 26.7 Å². The van der Waals surface area contributed by atoms with Gasteiger partial charge in [0.1, 0.15) is 5.76 Å². The van der Waals surface area contributed by atoms with Crippen molar-refractivity contribution in [2.45, 2.75) is 29.2 Å². The van der Waals surface area contributed by atoms with E-state index in [0.29, 0.717) is 12.2 Å². The van der Waals surface area contributed by atoms with Gasteiger partial charge in [-0.2, -0.15) is 0 Å². The molecule has 2 aromatic rings. The molecule has 22 heavy (non-hydrogen) atoms. The van der Waals surface area contributed by atoms with Crippen LogP contribution in [0.1, 0.15) is 12.7 Å². The summed E-state index contributed by atoms with van der Waals surface area (Å²) in [6.45, 7) is 1.68. The smallest absolute Gasteiger partial charge is 0.240 e. The van der Waals surface area contributed by atoms with E-state index in [4.69, 9.17) is 9.56 Å². The van der Waals surface area contributed by atoms with Crippen LogP contribution in [0.5, 0.6) is 0 Å². The Morgan fingerprint density at radius 3 is 2.41 bits per heavy atom. The van der Waals surface area contributed by atoms with Crippen LogP contribution in [-0.4, -0.2) is 22.9 Å². The molecule has 1 atom stereocenters. The van der Waals surface area contributed by atoms with Crippen LogP contribution in [0.3, 0.4) is 0 Å². The first kappa shape index (κ1) is 16.7. The van der Waals surface area contributed by atoms with Crippen molar-refractivity contribution in [2.24, 2.45) is 5.14 Å². The summed E-state index contributed by atoms with van der Waals surface area (Å²) in [6, 6.07) is 7.92. The number of hydrogen-bond donors (Lipinski definition) is 2. The molecule has 0 saturated heterocycles. The van der Waals surface area contributed by atoms with E-state index in [0.717, 1.165) is 6.07 Å². The van der Waals surface area contributed by atoms with Crippen LogP contribution in [-0.2, 0) is 26.5 Å². The second-order valence-corrected chi connectivity index (χ2v) is 8.10. The molecule has 7 nitrogen and oxygen atoms in total. The summed E-state index contributed by atoms with van der Waals surface area (Å²) < 4.78 is 54.8. The van der Waals surface area contributed by atoms with Crippen LogP contribution < -0.4 is 9.86 Å². The second-order valence-electron chi connectivity index (χ2n) is 4.83. The average molecular weight is 344 g/mol. The molecule has 0 aliphatic rings. The van der Waals surface area contributed by atoms with Crippen molar-refractivity contribution in [3.05, 3.63) is 48.4 Å². The first-order valence-corrected chi connectivity index (χ1v) is 9.39. The first-order chi connectivity index (χ1) is 10.2. The molecule has 0 amide bonds. The zero-order valence-corrected chi connectivity index (χ0v) is 13.4. The van der Waals surface area contributed by atoms with E-state index in [-0.39, 0.29) is 9.79 Å². The number of primary sulfonamides is 1. The van der Waals surface area contributed by atoms with Gasteiger partial charge in [0.25, 0.3) is 0 Å². The van der Waals surface area contributed by atoms with Gasteiger partial charge in [-0.05, 0) is 37.3 Å². The number of sulfonamides is 2. The number of benzene rings is 1. The number of furan rings is 1. The molecular formula is C13H16N2O5S2. The summed E-state index contributed by atoms with van der Waals surface area (Å²) in [5.41, 5.74) is 0. The standard InChI is InChI=1S/C13H16N2O5S2/c1-10(8-11-4-3-7-20-11)15-22(18,19)13-6-2-5-12(9-13)21(14,16)17/h2-7,9-10,15H,8H2,1H3,(H2,14,16,17). The minimum Gasteiger partial charge on any atom is -0.469 e. The SMILES string of the molecule is CC(Cc1ccco1)NS(=O)(=O)c1cccc(S(N)(=O)=O)c1. The zero-order chi connectivity index (χ0) is 16.4. The predicted octanol–water partition coefficient (Wildman–Crippen LogP) is 0.837. The van der Waals surface area contributed by atoms with Crippen molar-refractivity contribution in [2.75, 3.05) is 0 Å². The third kappa shape index (κ3) is 4.17. The van der Waals surface area contributed by atoms with Gasteiger partial charge in [-0.15, -0.1) is 0 Å². The monoisotopic (exact) mass is 344 g/mol. The van der Waals surface area contributed by atoms with E-state index in [1.54, 1.807) is 19.1 Å². The van der Waals surface area contributed by atoms with Crippen molar-refractivity contribution in [3.63, 3.8) is 0 Å². The molecule has 0 aliphatic carbocycles. The lowest BCUT2D eigenvalue weighted by Crippen LogP contribution is -2.34. The number of rotatable bonds is 6. The normalized spacial score (nSPS) is 13.9. The zero-order valence-electron chi connectivity index (χ0n) is 11.8. The van der Waals surface area contributed by atoms with Gasteiger partial charge in [0, 0.05) is 12.5 Å². The summed E-state index contributed by atoms with van der Waals surface area (Å²) in [5.74, 6) is 0.647. The van der Waals surface area contributed by atoms with Gasteiger partial charge < -0.3 is 4.42 Å². The van der Waals surface area contributed by atoms with Crippen molar-refractivity contribution in [1.82, 2.24) is 4.72 Å². The van der Waals surface area contributed by atoms with Crippen molar-refractivity contribution in [3.8, 4) is 0 Å². The maximum atomic E-state index is 12.3. The number of nitrogens with one attached hydrogen (secondary N) is 1. The molecule has 0 aliphatic heterocycles. The van der Waals surface area contributed by atoms with Crippen LogP contribution in [0, 0.1) is 0 Å². The molecule has 3 N–H and O–H groups in total. The Hall–Kier alpha value is -1.68. The highest BCUT2D eigenvalue weighted by atomic mass is 32.2. The highest BCUT2D eigenvalue weighted by molar-refractivity contribution is 7.90. The van der Waals surface area contributed by atoms with Gasteiger partial charge in [0.05, 0.1) is 16.1 Å². The molecule has 2 rings (SSSR count). The highest BCUT2D eigenvalue weighted by Crippen LogP contribution is 2.15. The van der Waals surface area contributed by atoms with Crippen LogP contribution >= 0.6 is 0 Å². The summed E-state index contributed by atoms with van der Waals surface area (Å²) in [4.78, 5) is -0.417. The molecule has 0 spiro atoms. The van der Waals surface area contributed by atoms with Gasteiger partial charge >= 0.3 is 0 Å². The molecule has 0 saturated carbocycles. The Balaban J connectivity index is 2.20. The number of nitrogens with two attached hydrogens (primary N) is 1. The largest absolute Gasteiger partial charge is 0.469 e. The molecular weight excluding hydrogens is 328 g/mol. The van der Waals surface area contributed by atoms with Crippen molar-refractivity contribution >= 4 is 20.0 Å². The van der Waals surface area contributed by atoms with Crippen LogP contribution in [0.25, 0.3) is 0 Å². The summed E-state index contributed by atoms with van der Waals surface area (Å²) in [6.07, 6.45) is 1.88. The summed E-state index contributed by atoms with van der Waals surface area (Å²) >= 11 is 0. The Morgan fingerprint density at radius 1 is 1.14 bits per heavy atom. The van der Waals surface area contributed by atoms with Gasteiger partial charge in [0.2, 0.25) is 20.0 Å². The molecule has 1 unspecified atom stereocenters. The third-order valence-corrected chi connectivity index (χ3v) is 5.39. The van der Waals surface area contributed by atoms with Crippen molar-refractivity contribution in [1.29, 1.82) is 0 Å². The van der Waals surface area contributed by atoms with Crippen LogP contribution in [0.2, 0.25) is 0 Å². The van der Waals surface area contributed by atoms with E-state index < -0.39 is 26.1 Å². The van der Waals surface area contributed by atoms with Gasteiger partial charge in [-0.1, -0.05) is 6.07 Å². The van der Waals surface area contributed by atoms with Crippen LogP contribution in [0.15, 0.2) is 56.9 Å². The fourth-order valence-electron chi connectivity index (χ4n) is 1.92. The quantitative estimate of drug-likeness (QED) is 0.804. The first-order valence-electron chi connectivity index (χ1n) is 6.36. The topological polar surface area (TPSA) is 119 Å². The maximum Gasteiger partial charge on any atom is 0.240 e. The Kier molecular flexibility index (Phi) is 4.71. The fourth-order valence-corrected chi connectivity index (χ4v) is 3.85. The molecule has 1 aromatic heterocycles. The Labute approximate surface area is 129 Å². The number of hydrogen-bond acceptors (Lipinski definition) is 5. The van der Waals surface area contributed by atoms with E-state index in [1.165, 1.54) is 24.5 Å². The molecule has 0 radical (unpaired) electrons. The molecule has 0 fully saturated rings. The average Bonchev–Trinajstić information content (AvgIpc) is 2.90. The van der Waals surface area contributed by atoms with E-state index in [9.17, 15) is 16.8 Å². The summed E-state index contributed by atoms with van der Waals surface area (Å²) in [7, 11) is -7.82. The predicted molar refractivity (Wildman–Crippen MR) is 80.0 cm³/mol. The highest BCUT2D eigenvalue weighted by Gasteiger charge is 2.20. The fraction of sp³-hybridized carbons (Fsp3) is 0.231. The molecule has 120 valence electrons. The second kappa shape index (κ2) is 6.21. The Morgan fingerprint density at radius 2 is 1.82 bits per heavy atom. The molecule has 1 heterocycles. The lowest BCUT2D eigenvalue weighted by atomic mass is 10.2.